The summed E-state index contributed by atoms with van der Waals surface area (Å²) in [5.74, 6) is 2.04. The highest BCUT2D eigenvalue weighted by molar-refractivity contribution is 6.01. The van der Waals surface area contributed by atoms with E-state index >= 15 is 0 Å². The summed E-state index contributed by atoms with van der Waals surface area (Å²) in [6.07, 6.45) is 2.02. The fourth-order valence-electron chi connectivity index (χ4n) is 4.49. The molecule has 2 N–H and O–H groups in total. The van der Waals surface area contributed by atoms with Gasteiger partial charge < -0.3 is 9.80 Å². The highest BCUT2D eigenvalue weighted by Crippen LogP contribution is 2.30. The van der Waals surface area contributed by atoms with Gasteiger partial charge in [0.15, 0.2) is 5.82 Å². The minimum atomic E-state index is 0.0681. The average Bonchev–Trinajstić information content (AvgIpc) is 3.54. The lowest BCUT2D eigenvalue weighted by molar-refractivity contribution is 0.0747. The van der Waals surface area contributed by atoms with E-state index in [0.717, 1.165) is 58.5 Å². The number of amides is 1. The Hall–Kier alpha value is -3.81. The summed E-state index contributed by atoms with van der Waals surface area (Å²) in [6.45, 7) is 8.83. The number of piperazine rings is 1. The Balaban J connectivity index is 1.34. The van der Waals surface area contributed by atoms with Crippen molar-refractivity contribution in [2.24, 2.45) is 0 Å². The molecule has 4 heterocycles. The van der Waals surface area contributed by atoms with Gasteiger partial charge in [0.25, 0.3) is 5.91 Å². The number of H-pyrrole nitrogens is 2. The molecule has 8 heteroatoms. The van der Waals surface area contributed by atoms with Crippen LogP contribution in [0, 0.1) is 20.8 Å². The van der Waals surface area contributed by atoms with E-state index < -0.39 is 0 Å². The lowest BCUT2D eigenvalue weighted by Gasteiger charge is -2.36. The summed E-state index contributed by atoms with van der Waals surface area (Å²) in [5.41, 5.74) is 5.58. The fourth-order valence-corrected chi connectivity index (χ4v) is 4.49. The highest BCUT2D eigenvalue weighted by Gasteiger charge is 2.26. The lowest BCUT2D eigenvalue weighted by atomic mass is 9.97. The maximum atomic E-state index is 13.5. The van der Waals surface area contributed by atoms with Crippen molar-refractivity contribution < 1.29 is 4.79 Å². The number of nitrogens with zero attached hydrogens (tertiary/aromatic N) is 5. The zero-order valence-corrected chi connectivity index (χ0v) is 18.6. The molecule has 1 aromatic carbocycles. The van der Waals surface area contributed by atoms with Gasteiger partial charge in [-0.1, -0.05) is 18.2 Å². The quantitative estimate of drug-likeness (QED) is 0.520. The van der Waals surface area contributed by atoms with Crippen molar-refractivity contribution in [3.8, 4) is 16.9 Å². The van der Waals surface area contributed by atoms with Gasteiger partial charge in [-0.05, 0) is 44.5 Å². The zero-order chi connectivity index (χ0) is 22.2. The van der Waals surface area contributed by atoms with E-state index in [2.05, 4.69) is 35.9 Å². The van der Waals surface area contributed by atoms with Gasteiger partial charge in [-0.2, -0.15) is 10.2 Å². The van der Waals surface area contributed by atoms with Gasteiger partial charge in [0.2, 0.25) is 0 Å². The van der Waals surface area contributed by atoms with Crippen LogP contribution in [0.15, 0.2) is 48.7 Å². The number of hydrogen-bond acceptors (Lipinski definition) is 4. The molecule has 4 aromatic rings. The smallest absolute Gasteiger partial charge is 0.254 e. The van der Waals surface area contributed by atoms with Crippen LogP contribution in [0.2, 0.25) is 0 Å². The van der Waals surface area contributed by atoms with Crippen LogP contribution in [-0.2, 0) is 0 Å². The molecule has 0 spiro atoms. The van der Waals surface area contributed by atoms with Gasteiger partial charge in [0.05, 0.1) is 5.69 Å². The van der Waals surface area contributed by atoms with Crippen LogP contribution < -0.4 is 4.90 Å². The van der Waals surface area contributed by atoms with Crippen LogP contribution in [0.25, 0.3) is 16.9 Å². The number of nitrogens with one attached hydrogen (secondary N) is 2. The summed E-state index contributed by atoms with van der Waals surface area (Å²) in [7, 11) is 0. The molecular weight excluding hydrogens is 402 g/mol. The molecule has 164 valence electrons. The molecule has 0 unspecified atom stereocenters. The van der Waals surface area contributed by atoms with Gasteiger partial charge in [-0.25, -0.2) is 0 Å². The van der Waals surface area contributed by atoms with Crippen LogP contribution in [0.4, 0.5) is 5.82 Å². The minimum Gasteiger partial charge on any atom is -0.354 e. The Labute approximate surface area is 186 Å². The van der Waals surface area contributed by atoms with Crippen molar-refractivity contribution in [2.75, 3.05) is 31.1 Å². The molecule has 1 aliphatic rings. The Kier molecular flexibility index (Phi) is 5.05. The van der Waals surface area contributed by atoms with Crippen LogP contribution in [-0.4, -0.2) is 61.9 Å². The van der Waals surface area contributed by atoms with E-state index in [1.807, 2.05) is 68.3 Å². The monoisotopic (exact) mass is 429 g/mol. The maximum absolute atomic E-state index is 13.5. The first-order valence-electron chi connectivity index (χ1n) is 10.9. The second-order valence-electron chi connectivity index (χ2n) is 8.28. The van der Waals surface area contributed by atoms with Crippen molar-refractivity contribution >= 4 is 11.7 Å². The molecule has 0 bridgehead atoms. The van der Waals surface area contributed by atoms with Gasteiger partial charge in [-0.3, -0.25) is 19.6 Å². The van der Waals surface area contributed by atoms with Crippen molar-refractivity contribution in [1.82, 2.24) is 29.9 Å². The predicted octanol–water partition coefficient (Wildman–Crippen LogP) is 3.48. The van der Waals surface area contributed by atoms with Crippen LogP contribution in [0.1, 0.15) is 27.4 Å². The molecule has 0 saturated carbocycles. The van der Waals surface area contributed by atoms with Gasteiger partial charge in [-0.15, -0.1) is 0 Å². The van der Waals surface area contributed by atoms with Crippen molar-refractivity contribution in [2.45, 2.75) is 20.8 Å². The van der Waals surface area contributed by atoms with E-state index in [4.69, 9.17) is 0 Å². The number of rotatable bonds is 4. The minimum absolute atomic E-state index is 0.0681. The lowest BCUT2D eigenvalue weighted by Crippen LogP contribution is -2.49. The molecule has 0 radical (unpaired) electrons. The Bertz CT molecular complexity index is 1240. The zero-order valence-electron chi connectivity index (χ0n) is 18.6. The van der Waals surface area contributed by atoms with Gasteiger partial charge >= 0.3 is 0 Å². The molecule has 8 nitrogen and oxygen atoms in total. The number of aromatic amines is 2. The maximum Gasteiger partial charge on any atom is 0.254 e. The average molecular weight is 430 g/mol. The Morgan fingerprint density at radius 3 is 2.41 bits per heavy atom. The number of aromatic nitrogens is 5. The summed E-state index contributed by atoms with van der Waals surface area (Å²) >= 11 is 0. The second kappa shape index (κ2) is 8.03. The molecular formula is C24H27N7O. The number of benzene rings is 1. The number of aryl methyl sites for hydroxylation is 3. The normalized spacial score (nSPS) is 14.2. The molecule has 1 fully saturated rings. The molecule has 1 amide bonds. The summed E-state index contributed by atoms with van der Waals surface area (Å²) in [5, 5.41) is 14.7. The number of carbonyl (C=O) groups excluding carboxylic acids is 1. The van der Waals surface area contributed by atoms with E-state index in [-0.39, 0.29) is 5.91 Å². The molecule has 1 aliphatic heterocycles. The van der Waals surface area contributed by atoms with Crippen molar-refractivity contribution in [3.63, 3.8) is 0 Å². The van der Waals surface area contributed by atoms with E-state index in [0.29, 0.717) is 13.1 Å². The van der Waals surface area contributed by atoms with Crippen LogP contribution in [0.5, 0.6) is 0 Å². The van der Waals surface area contributed by atoms with E-state index in [1.165, 1.54) is 0 Å². The first kappa shape index (κ1) is 20.1. The largest absolute Gasteiger partial charge is 0.354 e. The third kappa shape index (κ3) is 3.47. The third-order valence-corrected chi connectivity index (χ3v) is 6.11. The number of anilines is 1. The molecule has 5 rings (SSSR count). The Morgan fingerprint density at radius 2 is 1.72 bits per heavy atom. The first-order valence-corrected chi connectivity index (χ1v) is 10.9. The fraction of sp³-hybridized carbons (Fsp3) is 0.292. The molecule has 32 heavy (non-hydrogen) atoms. The summed E-state index contributed by atoms with van der Waals surface area (Å²) in [4.78, 5) is 17.7. The van der Waals surface area contributed by atoms with Crippen molar-refractivity contribution in [1.29, 1.82) is 0 Å². The topological polar surface area (TPSA) is 85.8 Å². The molecule has 0 aliphatic carbocycles. The van der Waals surface area contributed by atoms with E-state index in [9.17, 15) is 4.79 Å². The molecule has 3 aromatic heterocycles. The second-order valence-corrected chi connectivity index (χ2v) is 8.28. The van der Waals surface area contributed by atoms with Crippen molar-refractivity contribution in [3.05, 3.63) is 71.3 Å². The Morgan fingerprint density at radius 1 is 0.938 bits per heavy atom. The molecule has 0 atom stereocenters. The van der Waals surface area contributed by atoms with E-state index in [1.54, 1.807) is 0 Å². The summed E-state index contributed by atoms with van der Waals surface area (Å²) < 4.78 is 2.08. The van der Waals surface area contributed by atoms with Crippen LogP contribution >= 0.6 is 0 Å². The molecule has 1 saturated heterocycles. The highest BCUT2D eigenvalue weighted by atomic mass is 16.2. The van der Waals surface area contributed by atoms with Crippen LogP contribution in [0.3, 0.4) is 0 Å². The van der Waals surface area contributed by atoms with Gasteiger partial charge in [0, 0.05) is 61.0 Å². The number of hydrogen-bond donors (Lipinski definition) is 2. The summed E-state index contributed by atoms with van der Waals surface area (Å²) in [6, 6.07) is 14.0. The predicted molar refractivity (Wildman–Crippen MR) is 124 cm³/mol. The number of carbonyl (C=O) groups is 1. The van der Waals surface area contributed by atoms with Gasteiger partial charge in [0.1, 0.15) is 5.82 Å². The SMILES string of the molecule is Cc1cc(-n2cccc2N2CCN(C(=O)c3ccccc3-c3c(C)n[nH]c3C)CC2)n[nH]1. The first-order chi connectivity index (χ1) is 15.5. The standard InChI is InChI=1S/C24H27N7O/c1-16-15-21(28-25-16)31-10-6-9-22(31)29-11-13-30(14-12-29)24(32)20-8-5-4-7-19(20)23-17(2)26-27-18(23)3/h4-10,15H,11-14H2,1-3H3,(H,25,28)(H,26,27). The third-order valence-electron chi connectivity index (χ3n) is 6.11.